The summed E-state index contributed by atoms with van der Waals surface area (Å²) in [5.74, 6) is 2.79. The van der Waals surface area contributed by atoms with E-state index < -0.39 is 0 Å². The predicted molar refractivity (Wildman–Crippen MR) is 99.3 cm³/mol. The standard InChI is InChI=1S/C21H27N3O2/c25-20(11-10-16-6-4-5-7-16)24-13-12-17(15-24)14-19-22-23-21(26-19)18-8-2-1-3-9-18/h1-3,8-9,16-17H,4-7,10-15H2. The molecule has 1 aliphatic carbocycles. The van der Waals surface area contributed by atoms with Crippen LogP contribution in [0.4, 0.5) is 0 Å². The van der Waals surface area contributed by atoms with Crippen molar-refractivity contribution >= 4 is 5.91 Å². The van der Waals surface area contributed by atoms with Gasteiger partial charge >= 0.3 is 0 Å². The van der Waals surface area contributed by atoms with E-state index in [1.807, 2.05) is 35.2 Å². The number of carbonyl (C=O) groups excluding carboxylic acids is 1. The Morgan fingerprint density at radius 3 is 2.69 bits per heavy atom. The highest BCUT2D eigenvalue weighted by atomic mass is 16.4. The third-order valence-electron chi connectivity index (χ3n) is 5.83. The van der Waals surface area contributed by atoms with Crippen molar-refractivity contribution in [3.63, 3.8) is 0 Å². The van der Waals surface area contributed by atoms with E-state index in [0.29, 0.717) is 23.6 Å². The molecule has 0 N–H and O–H groups in total. The monoisotopic (exact) mass is 353 g/mol. The number of aromatic nitrogens is 2. The Kier molecular flexibility index (Phi) is 5.32. The summed E-state index contributed by atoms with van der Waals surface area (Å²) < 4.78 is 5.82. The van der Waals surface area contributed by atoms with E-state index in [0.717, 1.165) is 50.3 Å². The lowest BCUT2D eigenvalue weighted by molar-refractivity contribution is -0.130. The van der Waals surface area contributed by atoms with Gasteiger partial charge in [-0.2, -0.15) is 0 Å². The van der Waals surface area contributed by atoms with Crippen LogP contribution in [0.3, 0.4) is 0 Å². The molecule has 1 saturated heterocycles. The second-order valence-corrected chi connectivity index (χ2v) is 7.75. The summed E-state index contributed by atoms with van der Waals surface area (Å²) in [5, 5.41) is 8.35. The Bertz CT molecular complexity index is 722. The fourth-order valence-electron chi connectivity index (χ4n) is 4.29. The van der Waals surface area contributed by atoms with Crippen molar-refractivity contribution in [2.45, 2.75) is 51.4 Å². The zero-order chi connectivity index (χ0) is 17.8. The molecular weight excluding hydrogens is 326 g/mol. The summed E-state index contributed by atoms with van der Waals surface area (Å²) in [6.07, 6.45) is 8.90. The molecular formula is C21H27N3O2. The van der Waals surface area contributed by atoms with Gasteiger partial charge in [-0.1, -0.05) is 43.9 Å². The minimum atomic E-state index is 0.329. The fraction of sp³-hybridized carbons (Fsp3) is 0.571. The van der Waals surface area contributed by atoms with E-state index in [-0.39, 0.29) is 0 Å². The molecule has 2 fully saturated rings. The van der Waals surface area contributed by atoms with Gasteiger partial charge in [0.15, 0.2) is 0 Å². The lowest BCUT2D eigenvalue weighted by atomic mass is 10.0. The Morgan fingerprint density at radius 1 is 1.08 bits per heavy atom. The molecule has 138 valence electrons. The molecule has 2 aliphatic rings. The second kappa shape index (κ2) is 8.02. The van der Waals surface area contributed by atoms with Gasteiger partial charge in [0, 0.05) is 31.5 Å². The number of rotatable bonds is 6. The first-order valence-electron chi connectivity index (χ1n) is 9.93. The predicted octanol–water partition coefficient (Wildman–Crippen LogP) is 4.10. The van der Waals surface area contributed by atoms with Gasteiger partial charge in [0.05, 0.1) is 0 Å². The molecule has 1 aromatic carbocycles. The van der Waals surface area contributed by atoms with Gasteiger partial charge in [0.1, 0.15) is 0 Å². The molecule has 2 heterocycles. The highest BCUT2D eigenvalue weighted by Gasteiger charge is 2.28. The number of amides is 1. The van der Waals surface area contributed by atoms with Crippen LogP contribution >= 0.6 is 0 Å². The first-order chi connectivity index (χ1) is 12.8. The highest BCUT2D eigenvalue weighted by Crippen LogP contribution is 2.29. The first-order valence-corrected chi connectivity index (χ1v) is 9.93. The molecule has 1 saturated carbocycles. The normalized spacial score (nSPS) is 20.8. The number of hydrogen-bond donors (Lipinski definition) is 0. The van der Waals surface area contributed by atoms with Crippen molar-refractivity contribution in [2.24, 2.45) is 11.8 Å². The molecule has 4 rings (SSSR count). The Labute approximate surface area is 154 Å². The van der Waals surface area contributed by atoms with Crippen molar-refractivity contribution in [3.05, 3.63) is 36.2 Å². The molecule has 1 aromatic heterocycles. The third kappa shape index (κ3) is 4.14. The number of nitrogens with zero attached hydrogens (tertiary/aromatic N) is 3. The lowest BCUT2D eigenvalue weighted by Crippen LogP contribution is -2.29. The van der Waals surface area contributed by atoms with Crippen molar-refractivity contribution < 1.29 is 9.21 Å². The summed E-state index contributed by atoms with van der Waals surface area (Å²) in [6, 6.07) is 9.84. The molecule has 5 nitrogen and oxygen atoms in total. The maximum atomic E-state index is 12.5. The van der Waals surface area contributed by atoms with Crippen LogP contribution in [-0.4, -0.2) is 34.1 Å². The number of likely N-dealkylation sites (tertiary alicyclic amines) is 1. The molecule has 1 aliphatic heterocycles. The maximum absolute atomic E-state index is 12.5. The number of benzene rings is 1. The second-order valence-electron chi connectivity index (χ2n) is 7.75. The van der Waals surface area contributed by atoms with Crippen LogP contribution in [0, 0.1) is 11.8 Å². The van der Waals surface area contributed by atoms with E-state index in [1.54, 1.807) is 0 Å². The topological polar surface area (TPSA) is 59.2 Å². The molecule has 1 amide bonds. The molecule has 0 bridgehead atoms. The smallest absolute Gasteiger partial charge is 0.247 e. The molecule has 0 spiro atoms. The van der Waals surface area contributed by atoms with Crippen LogP contribution in [0.5, 0.6) is 0 Å². The van der Waals surface area contributed by atoms with E-state index >= 15 is 0 Å². The molecule has 1 unspecified atom stereocenters. The van der Waals surface area contributed by atoms with E-state index in [1.165, 1.54) is 25.7 Å². The van der Waals surface area contributed by atoms with Gasteiger partial charge in [-0.05, 0) is 36.8 Å². The molecule has 5 heteroatoms. The van der Waals surface area contributed by atoms with Crippen molar-refractivity contribution in [3.8, 4) is 11.5 Å². The van der Waals surface area contributed by atoms with Gasteiger partial charge in [-0.15, -0.1) is 10.2 Å². The molecule has 1 atom stereocenters. The van der Waals surface area contributed by atoms with Gasteiger partial charge in [0.25, 0.3) is 0 Å². The van der Waals surface area contributed by atoms with Gasteiger partial charge in [0.2, 0.25) is 17.7 Å². The van der Waals surface area contributed by atoms with Crippen LogP contribution in [0.1, 0.15) is 50.8 Å². The van der Waals surface area contributed by atoms with Crippen LogP contribution in [0.15, 0.2) is 34.7 Å². The average molecular weight is 353 g/mol. The summed E-state index contributed by atoms with van der Waals surface area (Å²) >= 11 is 0. The Morgan fingerprint density at radius 2 is 1.88 bits per heavy atom. The van der Waals surface area contributed by atoms with E-state index in [9.17, 15) is 4.79 Å². The van der Waals surface area contributed by atoms with Crippen molar-refractivity contribution in [1.82, 2.24) is 15.1 Å². The SMILES string of the molecule is O=C(CCC1CCCC1)N1CCC(Cc2nnc(-c3ccccc3)o2)C1. The third-order valence-corrected chi connectivity index (χ3v) is 5.83. The molecule has 2 aromatic rings. The van der Waals surface area contributed by atoms with Crippen LogP contribution in [0.2, 0.25) is 0 Å². The minimum Gasteiger partial charge on any atom is -0.421 e. The Hall–Kier alpha value is -2.17. The summed E-state index contributed by atoms with van der Waals surface area (Å²) in [4.78, 5) is 14.5. The summed E-state index contributed by atoms with van der Waals surface area (Å²) in [5.41, 5.74) is 0.946. The lowest BCUT2D eigenvalue weighted by Gasteiger charge is -2.17. The van der Waals surface area contributed by atoms with Crippen molar-refractivity contribution in [2.75, 3.05) is 13.1 Å². The van der Waals surface area contributed by atoms with Crippen LogP contribution < -0.4 is 0 Å². The largest absolute Gasteiger partial charge is 0.421 e. The van der Waals surface area contributed by atoms with Gasteiger partial charge in [-0.25, -0.2) is 0 Å². The average Bonchev–Trinajstić information content (AvgIpc) is 3.43. The van der Waals surface area contributed by atoms with Crippen molar-refractivity contribution in [1.29, 1.82) is 0 Å². The van der Waals surface area contributed by atoms with E-state index in [2.05, 4.69) is 10.2 Å². The van der Waals surface area contributed by atoms with Gasteiger partial charge in [-0.3, -0.25) is 4.79 Å². The summed E-state index contributed by atoms with van der Waals surface area (Å²) in [6.45, 7) is 1.69. The maximum Gasteiger partial charge on any atom is 0.247 e. The number of hydrogen-bond acceptors (Lipinski definition) is 4. The quantitative estimate of drug-likeness (QED) is 0.784. The molecule has 0 radical (unpaired) electrons. The van der Waals surface area contributed by atoms with Gasteiger partial charge < -0.3 is 9.32 Å². The van der Waals surface area contributed by atoms with Crippen LogP contribution in [-0.2, 0) is 11.2 Å². The fourth-order valence-corrected chi connectivity index (χ4v) is 4.29. The first kappa shape index (κ1) is 17.3. The van der Waals surface area contributed by atoms with E-state index in [4.69, 9.17) is 4.42 Å². The zero-order valence-corrected chi connectivity index (χ0v) is 15.3. The molecule has 26 heavy (non-hydrogen) atoms. The van der Waals surface area contributed by atoms with Crippen LogP contribution in [0.25, 0.3) is 11.5 Å². The zero-order valence-electron chi connectivity index (χ0n) is 15.3. The highest BCUT2D eigenvalue weighted by molar-refractivity contribution is 5.76. The number of carbonyl (C=O) groups is 1. The summed E-state index contributed by atoms with van der Waals surface area (Å²) in [7, 11) is 0. The Balaban J connectivity index is 1.26. The minimum absolute atomic E-state index is 0.329.